The Hall–Kier alpha value is -6.58. The van der Waals surface area contributed by atoms with E-state index in [0.29, 0.717) is 0 Å². The van der Waals surface area contributed by atoms with Crippen LogP contribution in [0.3, 0.4) is 0 Å². The zero-order valence-electron chi connectivity index (χ0n) is 26.5. The highest BCUT2D eigenvalue weighted by atomic mass is 16.3. The standard InChI is InChI=1S/C46H29NO2/c1-2-10-32(11-3-1)38-14-8-15-40-41-28-34(20-25-45(41)49-46(38)40)31-17-21-35(22-18-31)47(36-23-19-30-9-4-5-12-33(30)27-36)37-24-26-44-42(29-37)39-13-6-7-16-43(39)48-44/h1-29H. The van der Waals surface area contributed by atoms with Crippen LogP contribution in [0, 0.1) is 0 Å². The number of hydrogen-bond donors (Lipinski definition) is 0. The number of nitrogens with zero attached hydrogens (tertiary/aromatic N) is 1. The van der Waals surface area contributed by atoms with Gasteiger partial charge >= 0.3 is 0 Å². The molecule has 3 heteroatoms. The van der Waals surface area contributed by atoms with Gasteiger partial charge in [-0.3, -0.25) is 0 Å². The van der Waals surface area contributed by atoms with E-state index in [0.717, 1.165) is 83.2 Å². The zero-order chi connectivity index (χ0) is 32.3. The van der Waals surface area contributed by atoms with Crippen molar-refractivity contribution in [2.45, 2.75) is 0 Å². The molecule has 2 heterocycles. The molecular weight excluding hydrogens is 599 g/mol. The van der Waals surface area contributed by atoms with E-state index in [4.69, 9.17) is 8.83 Å². The topological polar surface area (TPSA) is 29.5 Å². The van der Waals surface area contributed by atoms with Crippen LogP contribution < -0.4 is 4.90 Å². The lowest BCUT2D eigenvalue weighted by atomic mass is 10.00. The molecular formula is C46H29NO2. The number of rotatable bonds is 5. The van der Waals surface area contributed by atoms with Crippen LogP contribution in [0.1, 0.15) is 0 Å². The van der Waals surface area contributed by atoms with Gasteiger partial charge in [0.1, 0.15) is 22.3 Å². The van der Waals surface area contributed by atoms with E-state index in [1.807, 2.05) is 18.2 Å². The lowest BCUT2D eigenvalue weighted by Crippen LogP contribution is -2.09. The highest BCUT2D eigenvalue weighted by Crippen LogP contribution is 2.41. The maximum atomic E-state index is 6.45. The fraction of sp³-hybridized carbons (Fsp3) is 0. The minimum Gasteiger partial charge on any atom is -0.456 e. The van der Waals surface area contributed by atoms with Gasteiger partial charge in [0.15, 0.2) is 0 Å². The van der Waals surface area contributed by atoms with Crippen LogP contribution in [0.2, 0.25) is 0 Å². The number of fused-ring (bicyclic) bond motifs is 7. The smallest absolute Gasteiger partial charge is 0.143 e. The molecule has 0 spiro atoms. The van der Waals surface area contributed by atoms with Gasteiger partial charge in [-0.25, -0.2) is 0 Å². The molecule has 0 atom stereocenters. The largest absolute Gasteiger partial charge is 0.456 e. The summed E-state index contributed by atoms with van der Waals surface area (Å²) in [7, 11) is 0. The molecule has 0 aliphatic rings. The summed E-state index contributed by atoms with van der Waals surface area (Å²) in [6.07, 6.45) is 0. The van der Waals surface area contributed by atoms with Gasteiger partial charge in [0, 0.05) is 44.2 Å². The van der Waals surface area contributed by atoms with Crippen LogP contribution in [0.25, 0.3) is 76.9 Å². The lowest BCUT2D eigenvalue weighted by Gasteiger charge is -2.26. The normalized spacial score (nSPS) is 11.7. The molecule has 2 aromatic heterocycles. The fourth-order valence-corrected chi connectivity index (χ4v) is 7.24. The van der Waals surface area contributed by atoms with Crippen molar-refractivity contribution in [1.82, 2.24) is 0 Å². The molecule has 8 aromatic carbocycles. The summed E-state index contributed by atoms with van der Waals surface area (Å²) in [4.78, 5) is 2.33. The maximum Gasteiger partial charge on any atom is 0.143 e. The first kappa shape index (κ1) is 27.5. The van der Waals surface area contributed by atoms with E-state index >= 15 is 0 Å². The minimum atomic E-state index is 0.886. The predicted octanol–water partition coefficient (Wildman–Crippen LogP) is 13.4. The molecule has 0 fully saturated rings. The molecule has 0 amide bonds. The Kier molecular flexibility index (Phi) is 6.18. The van der Waals surface area contributed by atoms with Crippen molar-refractivity contribution in [1.29, 1.82) is 0 Å². The van der Waals surface area contributed by atoms with Gasteiger partial charge in [-0.05, 0) is 88.1 Å². The fourth-order valence-electron chi connectivity index (χ4n) is 7.24. The average molecular weight is 628 g/mol. The molecule has 0 aliphatic heterocycles. The number of anilines is 3. The summed E-state index contributed by atoms with van der Waals surface area (Å²) >= 11 is 0. The first-order valence-corrected chi connectivity index (χ1v) is 16.6. The lowest BCUT2D eigenvalue weighted by molar-refractivity contribution is 0.669. The maximum absolute atomic E-state index is 6.45. The number of benzene rings is 8. The van der Waals surface area contributed by atoms with Crippen LogP contribution in [0.5, 0.6) is 0 Å². The molecule has 3 nitrogen and oxygen atoms in total. The predicted molar refractivity (Wildman–Crippen MR) is 204 cm³/mol. The van der Waals surface area contributed by atoms with Crippen LogP contribution in [-0.4, -0.2) is 0 Å². The van der Waals surface area contributed by atoms with Crippen LogP contribution in [0.15, 0.2) is 185 Å². The third-order valence-electron chi connectivity index (χ3n) is 9.65. The summed E-state index contributed by atoms with van der Waals surface area (Å²) in [5.41, 5.74) is 11.4. The summed E-state index contributed by atoms with van der Waals surface area (Å²) in [6, 6.07) is 62.1. The van der Waals surface area contributed by atoms with Crippen molar-refractivity contribution >= 4 is 71.7 Å². The molecule has 0 N–H and O–H groups in total. The summed E-state index contributed by atoms with van der Waals surface area (Å²) in [6.45, 7) is 0. The van der Waals surface area contributed by atoms with Gasteiger partial charge < -0.3 is 13.7 Å². The third-order valence-corrected chi connectivity index (χ3v) is 9.65. The molecule has 10 rings (SSSR count). The Morgan fingerprint density at radius 2 is 0.959 bits per heavy atom. The number of furan rings is 2. The van der Waals surface area contributed by atoms with Gasteiger partial charge in [-0.15, -0.1) is 0 Å². The van der Waals surface area contributed by atoms with E-state index in [2.05, 4.69) is 163 Å². The average Bonchev–Trinajstić information content (AvgIpc) is 3.73. The van der Waals surface area contributed by atoms with Crippen molar-refractivity contribution in [3.8, 4) is 22.3 Å². The molecule has 0 bridgehead atoms. The van der Waals surface area contributed by atoms with E-state index in [1.165, 1.54) is 10.8 Å². The van der Waals surface area contributed by atoms with Crippen molar-refractivity contribution in [2.24, 2.45) is 0 Å². The minimum absolute atomic E-state index is 0.886. The number of hydrogen-bond acceptors (Lipinski definition) is 3. The first-order chi connectivity index (χ1) is 24.3. The Morgan fingerprint density at radius 1 is 0.327 bits per heavy atom. The number of para-hydroxylation sites is 2. The second kappa shape index (κ2) is 11.0. The highest BCUT2D eigenvalue weighted by molar-refractivity contribution is 6.11. The Labute approximate surface area is 282 Å². The molecule has 10 aromatic rings. The first-order valence-electron chi connectivity index (χ1n) is 16.6. The van der Waals surface area contributed by atoms with Crippen molar-refractivity contribution < 1.29 is 8.83 Å². The summed E-state index contributed by atoms with van der Waals surface area (Å²) in [5.74, 6) is 0. The van der Waals surface area contributed by atoms with Crippen molar-refractivity contribution in [3.05, 3.63) is 176 Å². The Bertz CT molecular complexity index is 2830. The quantitative estimate of drug-likeness (QED) is 0.190. The van der Waals surface area contributed by atoms with Crippen molar-refractivity contribution in [2.75, 3.05) is 4.90 Å². The van der Waals surface area contributed by atoms with E-state index < -0.39 is 0 Å². The second-order valence-corrected chi connectivity index (χ2v) is 12.6. The molecule has 0 saturated carbocycles. The van der Waals surface area contributed by atoms with E-state index in [9.17, 15) is 0 Å². The van der Waals surface area contributed by atoms with Crippen LogP contribution >= 0.6 is 0 Å². The van der Waals surface area contributed by atoms with Crippen LogP contribution in [-0.2, 0) is 0 Å². The molecule has 0 unspecified atom stereocenters. The van der Waals surface area contributed by atoms with Gasteiger partial charge in [-0.2, -0.15) is 0 Å². The SMILES string of the molecule is c1ccc(-c2cccc3c2oc2ccc(-c4ccc(N(c5ccc6ccccc6c5)c5ccc6oc7ccccc7c6c5)cc4)cc23)cc1. The van der Waals surface area contributed by atoms with Gasteiger partial charge in [0.05, 0.1) is 0 Å². The monoisotopic (exact) mass is 627 g/mol. The van der Waals surface area contributed by atoms with Crippen molar-refractivity contribution in [3.63, 3.8) is 0 Å². The highest BCUT2D eigenvalue weighted by Gasteiger charge is 2.17. The molecule has 0 saturated heterocycles. The second-order valence-electron chi connectivity index (χ2n) is 12.6. The Morgan fingerprint density at radius 3 is 1.86 bits per heavy atom. The zero-order valence-corrected chi connectivity index (χ0v) is 26.5. The summed E-state index contributed by atoms with van der Waals surface area (Å²) in [5, 5.41) is 6.88. The van der Waals surface area contributed by atoms with E-state index in [1.54, 1.807) is 0 Å². The van der Waals surface area contributed by atoms with Gasteiger partial charge in [0.25, 0.3) is 0 Å². The van der Waals surface area contributed by atoms with Crippen LogP contribution in [0.4, 0.5) is 17.1 Å². The molecule has 49 heavy (non-hydrogen) atoms. The summed E-state index contributed by atoms with van der Waals surface area (Å²) < 4.78 is 12.6. The van der Waals surface area contributed by atoms with Gasteiger partial charge in [0.2, 0.25) is 0 Å². The van der Waals surface area contributed by atoms with Gasteiger partial charge in [-0.1, -0.05) is 115 Å². The molecule has 0 aliphatic carbocycles. The molecule has 230 valence electrons. The molecule has 0 radical (unpaired) electrons. The van der Waals surface area contributed by atoms with E-state index in [-0.39, 0.29) is 0 Å². The Balaban J connectivity index is 1.08. The third kappa shape index (κ3) is 4.59.